The highest BCUT2D eigenvalue weighted by Gasteiger charge is 2.19. The molecule has 1 amide bonds. The number of hydrogen-bond acceptors (Lipinski definition) is 4. The van der Waals surface area contributed by atoms with Gasteiger partial charge in [0.15, 0.2) is 0 Å². The predicted octanol–water partition coefficient (Wildman–Crippen LogP) is 3.18. The second-order valence-corrected chi connectivity index (χ2v) is 8.33. The van der Waals surface area contributed by atoms with Crippen LogP contribution in [-0.4, -0.2) is 32.8 Å². The second-order valence-electron chi connectivity index (χ2n) is 6.57. The maximum atomic E-state index is 12.8. The molecule has 1 aromatic heterocycles. The van der Waals surface area contributed by atoms with E-state index >= 15 is 0 Å². The molecule has 29 heavy (non-hydrogen) atoms. The van der Waals surface area contributed by atoms with Crippen molar-refractivity contribution in [2.75, 3.05) is 13.6 Å². The van der Waals surface area contributed by atoms with Crippen LogP contribution in [0, 0.1) is 12.3 Å². The van der Waals surface area contributed by atoms with E-state index in [0.717, 1.165) is 28.7 Å². The summed E-state index contributed by atoms with van der Waals surface area (Å²) in [6, 6.07) is 13.5. The third kappa shape index (κ3) is 4.34. The monoisotopic (exact) mass is 410 g/mol. The van der Waals surface area contributed by atoms with Crippen molar-refractivity contribution >= 4 is 26.9 Å². The molecule has 1 N–H and O–H groups in total. The average Bonchev–Trinajstić information content (AvgIpc) is 3.09. The molecule has 0 radical (unpaired) electrons. The van der Waals surface area contributed by atoms with E-state index in [0.29, 0.717) is 12.1 Å². The lowest BCUT2D eigenvalue weighted by Crippen LogP contribution is -2.27. The summed E-state index contributed by atoms with van der Waals surface area (Å²) in [5.41, 5.74) is 2.18. The van der Waals surface area contributed by atoms with Crippen molar-refractivity contribution in [3.8, 4) is 12.3 Å². The topological polar surface area (TPSA) is 79.6 Å². The molecule has 0 aliphatic rings. The van der Waals surface area contributed by atoms with Gasteiger partial charge in [0.2, 0.25) is 10.0 Å². The van der Waals surface area contributed by atoms with E-state index < -0.39 is 10.0 Å². The van der Waals surface area contributed by atoms with Gasteiger partial charge in [0.05, 0.1) is 11.4 Å². The Morgan fingerprint density at radius 2 is 1.86 bits per heavy atom. The van der Waals surface area contributed by atoms with Crippen LogP contribution in [0.5, 0.6) is 0 Å². The summed E-state index contributed by atoms with van der Waals surface area (Å²) >= 11 is 0. The summed E-state index contributed by atoms with van der Waals surface area (Å²) in [7, 11) is -1.98. The number of furan rings is 1. The lowest BCUT2D eigenvalue weighted by atomic mass is 10.1. The number of rotatable bonds is 7. The maximum absolute atomic E-state index is 12.8. The largest absolute Gasteiger partial charge is 0.461 e. The molecule has 3 aromatic rings. The lowest BCUT2D eigenvalue weighted by Gasteiger charge is -2.18. The Labute approximate surface area is 170 Å². The van der Waals surface area contributed by atoms with Crippen molar-refractivity contribution in [1.82, 2.24) is 9.62 Å². The van der Waals surface area contributed by atoms with Gasteiger partial charge < -0.3 is 9.32 Å². The zero-order valence-corrected chi connectivity index (χ0v) is 17.1. The molecule has 0 aliphatic carbocycles. The first-order valence-corrected chi connectivity index (χ1v) is 10.6. The number of carbonyl (C=O) groups excluding carboxylic acids is 1. The zero-order chi connectivity index (χ0) is 21.0. The van der Waals surface area contributed by atoms with E-state index in [4.69, 9.17) is 10.8 Å². The smallest absolute Gasteiger partial charge is 0.253 e. The molecule has 0 fully saturated rings. The van der Waals surface area contributed by atoms with Crippen LogP contribution in [0.25, 0.3) is 11.0 Å². The molecule has 0 saturated carbocycles. The van der Waals surface area contributed by atoms with Crippen molar-refractivity contribution in [1.29, 1.82) is 0 Å². The van der Waals surface area contributed by atoms with Gasteiger partial charge in [-0.3, -0.25) is 4.79 Å². The summed E-state index contributed by atoms with van der Waals surface area (Å²) in [6.07, 6.45) is 5.81. The number of para-hydroxylation sites is 1. The maximum Gasteiger partial charge on any atom is 0.253 e. The Hall–Kier alpha value is -3.08. The number of nitrogens with zero attached hydrogens (tertiary/aromatic N) is 1. The van der Waals surface area contributed by atoms with Crippen molar-refractivity contribution in [3.63, 3.8) is 0 Å². The lowest BCUT2D eigenvalue weighted by molar-refractivity contribution is 0.0785. The number of hydrogen-bond donors (Lipinski definition) is 1. The van der Waals surface area contributed by atoms with E-state index in [1.54, 1.807) is 11.9 Å². The fraction of sp³-hybridized carbons (Fsp3) is 0.227. The molecule has 1 heterocycles. The predicted molar refractivity (Wildman–Crippen MR) is 112 cm³/mol. The van der Waals surface area contributed by atoms with E-state index in [2.05, 4.69) is 10.6 Å². The fourth-order valence-corrected chi connectivity index (χ4v) is 4.07. The van der Waals surface area contributed by atoms with Gasteiger partial charge in [0, 0.05) is 36.5 Å². The summed E-state index contributed by atoms with van der Waals surface area (Å²) in [5, 5.41) is 0.991. The summed E-state index contributed by atoms with van der Waals surface area (Å²) in [5.74, 6) is 2.87. The van der Waals surface area contributed by atoms with Crippen LogP contribution in [-0.2, 0) is 23.0 Å². The van der Waals surface area contributed by atoms with E-state index in [1.807, 2.05) is 31.2 Å². The van der Waals surface area contributed by atoms with Crippen molar-refractivity contribution in [2.24, 2.45) is 0 Å². The SMILES string of the molecule is C#CCNS(=O)(=O)c1ccc(C(=O)N(C)Cc2c(CC)oc3ccccc23)cc1. The Morgan fingerprint density at radius 1 is 1.17 bits per heavy atom. The van der Waals surface area contributed by atoms with E-state index in [-0.39, 0.29) is 17.3 Å². The number of amides is 1. The number of nitrogens with one attached hydrogen (secondary N) is 1. The van der Waals surface area contributed by atoms with Gasteiger partial charge in [0.1, 0.15) is 11.3 Å². The molecule has 0 bridgehead atoms. The molecule has 3 rings (SSSR count). The van der Waals surface area contributed by atoms with Crippen LogP contribution in [0.3, 0.4) is 0 Å². The highest BCUT2D eigenvalue weighted by molar-refractivity contribution is 7.89. The third-order valence-electron chi connectivity index (χ3n) is 4.62. The van der Waals surface area contributed by atoms with Gasteiger partial charge in [-0.1, -0.05) is 31.0 Å². The van der Waals surface area contributed by atoms with Crippen molar-refractivity contribution < 1.29 is 17.6 Å². The molecule has 6 nitrogen and oxygen atoms in total. The van der Waals surface area contributed by atoms with Crippen LogP contribution < -0.4 is 4.72 Å². The molecule has 0 saturated heterocycles. The van der Waals surface area contributed by atoms with Gasteiger partial charge in [-0.15, -0.1) is 6.42 Å². The Morgan fingerprint density at radius 3 is 2.52 bits per heavy atom. The highest BCUT2D eigenvalue weighted by atomic mass is 32.2. The molecule has 150 valence electrons. The van der Waals surface area contributed by atoms with Gasteiger partial charge in [-0.05, 0) is 30.3 Å². The average molecular weight is 410 g/mol. The van der Waals surface area contributed by atoms with Crippen LogP contribution in [0.4, 0.5) is 0 Å². The van der Waals surface area contributed by atoms with Crippen LogP contribution in [0.1, 0.15) is 28.6 Å². The van der Waals surface area contributed by atoms with Crippen LogP contribution >= 0.6 is 0 Å². The third-order valence-corrected chi connectivity index (χ3v) is 6.04. The number of carbonyl (C=O) groups is 1. The van der Waals surface area contributed by atoms with Gasteiger partial charge in [0.25, 0.3) is 5.91 Å². The molecule has 0 unspecified atom stereocenters. The zero-order valence-electron chi connectivity index (χ0n) is 16.3. The minimum absolute atomic E-state index is 0.0565. The summed E-state index contributed by atoms with van der Waals surface area (Å²) in [4.78, 5) is 14.5. The molecule has 0 atom stereocenters. The Bertz CT molecular complexity index is 1170. The van der Waals surface area contributed by atoms with E-state index in [1.165, 1.54) is 24.3 Å². The van der Waals surface area contributed by atoms with Crippen molar-refractivity contribution in [3.05, 3.63) is 65.4 Å². The molecule has 0 aliphatic heterocycles. The normalized spacial score (nSPS) is 11.3. The Balaban J connectivity index is 1.80. The first kappa shape index (κ1) is 20.6. The number of aryl methyl sites for hydroxylation is 1. The molecule has 2 aromatic carbocycles. The van der Waals surface area contributed by atoms with Gasteiger partial charge in [-0.2, -0.15) is 4.72 Å². The van der Waals surface area contributed by atoms with Crippen molar-refractivity contribution in [2.45, 2.75) is 24.8 Å². The summed E-state index contributed by atoms with van der Waals surface area (Å²) < 4.78 is 32.4. The summed E-state index contributed by atoms with van der Waals surface area (Å²) in [6.45, 7) is 2.31. The number of benzene rings is 2. The number of fused-ring (bicyclic) bond motifs is 1. The van der Waals surface area contributed by atoms with Crippen LogP contribution in [0.2, 0.25) is 0 Å². The molecule has 7 heteroatoms. The van der Waals surface area contributed by atoms with Gasteiger partial charge >= 0.3 is 0 Å². The van der Waals surface area contributed by atoms with Gasteiger partial charge in [-0.25, -0.2) is 8.42 Å². The Kier molecular flexibility index (Phi) is 6.06. The standard InChI is InChI=1S/C22H22N2O4S/c1-4-14-23-29(26,27)17-12-10-16(11-13-17)22(25)24(3)15-19-18-8-6-7-9-21(18)28-20(19)5-2/h1,6-13,23H,5,14-15H2,2-3H3. The van der Waals surface area contributed by atoms with Crippen LogP contribution in [0.15, 0.2) is 57.8 Å². The van der Waals surface area contributed by atoms with E-state index in [9.17, 15) is 13.2 Å². The minimum Gasteiger partial charge on any atom is -0.461 e. The highest BCUT2D eigenvalue weighted by Crippen LogP contribution is 2.27. The first-order chi connectivity index (χ1) is 13.9. The quantitative estimate of drug-likeness (QED) is 0.607. The number of sulfonamides is 1. The molecular weight excluding hydrogens is 388 g/mol. The minimum atomic E-state index is -3.69. The number of terminal acetylenes is 1. The first-order valence-electron chi connectivity index (χ1n) is 9.15. The molecule has 0 spiro atoms. The second kappa shape index (κ2) is 8.52. The molecular formula is C22H22N2O4S. The fourth-order valence-electron chi connectivity index (χ4n) is 3.13.